The van der Waals surface area contributed by atoms with Crippen LogP contribution in [0.1, 0.15) is 40.5 Å². The van der Waals surface area contributed by atoms with E-state index in [9.17, 15) is 18.0 Å². The summed E-state index contributed by atoms with van der Waals surface area (Å²) in [6, 6.07) is -0.560. The van der Waals surface area contributed by atoms with Gasteiger partial charge in [-0.2, -0.15) is 0 Å². The van der Waals surface area contributed by atoms with Gasteiger partial charge in [-0.1, -0.05) is 27.7 Å². The number of carbonyl (C=O) groups is 2. The van der Waals surface area contributed by atoms with Crippen LogP contribution in [0.5, 0.6) is 0 Å². The Morgan fingerprint density at radius 2 is 1.90 bits per heavy atom. The largest absolute Gasteiger partial charge is 0.344 e. The first kappa shape index (κ1) is 17.9. The smallest absolute Gasteiger partial charge is 0.245 e. The van der Waals surface area contributed by atoms with Crippen molar-refractivity contribution in [3.8, 4) is 0 Å². The van der Waals surface area contributed by atoms with Crippen LogP contribution in [0.2, 0.25) is 0 Å². The van der Waals surface area contributed by atoms with E-state index in [2.05, 4.69) is 5.32 Å². The van der Waals surface area contributed by atoms with E-state index in [1.54, 1.807) is 11.8 Å². The number of rotatable bonds is 5. The SMILES string of the molecule is CCS(=O)(=O)CCCN1CCC(=O)NC(C(C)(C)C)C1=O. The molecule has 7 heteroatoms. The zero-order valence-electron chi connectivity index (χ0n) is 13.3. The number of carbonyl (C=O) groups excluding carboxylic acids is 2. The quantitative estimate of drug-likeness (QED) is 0.803. The van der Waals surface area contributed by atoms with Crippen molar-refractivity contribution in [2.45, 2.75) is 46.6 Å². The second kappa shape index (κ2) is 6.77. The summed E-state index contributed by atoms with van der Waals surface area (Å²) in [4.78, 5) is 25.9. The predicted molar refractivity (Wildman–Crippen MR) is 81.5 cm³/mol. The Morgan fingerprint density at radius 1 is 1.29 bits per heavy atom. The van der Waals surface area contributed by atoms with Gasteiger partial charge in [0.05, 0.1) is 5.75 Å². The summed E-state index contributed by atoms with van der Waals surface area (Å²) in [7, 11) is -3.02. The molecule has 0 saturated carbocycles. The Labute approximate surface area is 127 Å². The highest BCUT2D eigenvalue weighted by molar-refractivity contribution is 7.91. The van der Waals surface area contributed by atoms with Gasteiger partial charge >= 0.3 is 0 Å². The van der Waals surface area contributed by atoms with Crippen LogP contribution in [0.15, 0.2) is 0 Å². The van der Waals surface area contributed by atoms with Crippen LogP contribution in [0.3, 0.4) is 0 Å². The van der Waals surface area contributed by atoms with Crippen molar-refractivity contribution in [2.75, 3.05) is 24.6 Å². The predicted octanol–water partition coefficient (Wildman–Crippen LogP) is 0.574. The molecule has 0 spiro atoms. The Balaban J connectivity index is 2.73. The molecule has 1 N–H and O–H groups in total. The van der Waals surface area contributed by atoms with Crippen LogP contribution >= 0.6 is 0 Å². The van der Waals surface area contributed by atoms with Crippen LogP contribution in [-0.2, 0) is 19.4 Å². The van der Waals surface area contributed by atoms with E-state index < -0.39 is 15.9 Å². The van der Waals surface area contributed by atoms with E-state index in [0.29, 0.717) is 19.5 Å². The van der Waals surface area contributed by atoms with E-state index in [4.69, 9.17) is 0 Å². The van der Waals surface area contributed by atoms with Gasteiger partial charge in [-0.05, 0) is 11.8 Å². The summed E-state index contributed by atoms with van der Waals surface area (Å²) < 4.78 is 23.0. The number of sulfone groups is 1. The molecule has 0 aliphatic carbocycles. The summed E-state index contributed by atoms with van der Waals surface area (Å²) in [5.41, 5.74) is -0.370. The van der Waals surface area contributed by atoms with Crippen molar-refractivity contribution in [3.63, 3.8) is 0 Å². The van der Waals surface area contributed by atoms with E-state index in [1.807, 2.05) is 20.8 Å². The molecule has 122 valence electrons. The average molecular weight is 318 g/mol. The lowest BCUT2D eigenvalue weighted by atomic mass is 9.86. The summed E-state index contributed by atoms with van der Waals surface area (Å²) >= 11 is 0. The summed E-state index contributed by atoms with van der Waals surface area (Å²) in [5, 5.41) is 2.77. The molecule has 0 bridgehead atoms. The molecule has 1 saturated heterocycles. The monoisotopic (exact) mass is 318 g/mol. The van der Waals surface area contributed by atoms with Gasteiger partial charge < -0.3 is 10.2 Å². The molecule has 21 heavy (non-hydrogen) atoms. The highest BCUT2D eigenvalue weighted by Crippen LogP contribution is 2.23. The van der Waals surface area contributed by atoms with Crippen LogP contribution in [0.4, 0.5) is 0 Å². The van der Waals surface area contributed by atoms with Crippen molar-refractivity contribution >= 4 is 21.7 Å². The lowest BCUT2D eigenvalue weighted by molar-refractivity contribution is -0.136. The lowest BCUT2D eigenvalue weighted by Gasteiger charge is -2.32. The molecule has 2 amide bonds. The Kier molecular flexibility index (Phi) is 5.78. The molecule has 1 heterocycles. The molecule has 0 aromatic carbocycles. The Hall–Kier alpha value is -1.11. The van der Waals surface area contributed by atoms with Gasteiger partial charge in [0.25, 0.3) is 0 Å². The Bertz CT molecular complexity index is 494. The van der Waals surface area contributed by atoms with E-state index >= 15 is 0 Å². The van der Waals surface area contributed by atoms with Crippen LogP contribution < -0.4 is 5.32 Å². The fourth-order valence-corrected chi connectivity index (χ4v) is 3.11. The lowest BCUT2D eigenvalue weighted by Crippen LogP contribution is -2.52. The molecule has 1 unspecified atom stereocenters. The highest BCUT2D eigenvalue weighted by atomic mass is 32.2. The van der Waals surface area contributed by atoms with Crippen molar-refractivity contribution in [1.82, 2.24) is 10.2 Å². The second-order valence-electron chi connectivity index (χ2n) is 6.53. The maximum absolute atomic E-state index is 12.5. The first-order valence-electron chi connectivity index (χ1n) is 7.35. The molecule has 1 fully saturated rings. The number of amides is 2. The number of hydrogen-bond donors (Lipinski definition) is 1. The Morgan fingerprint density at radius 3 is 2.43 bits per heavy atom. The molecule has 0 radical (unpaired) electrons. The fraction of sp³-hybridized carbons (Fsp3) is 0.857. The molecule has 1 aliphatic heterocycles. The number of hydrogen-bond acceptors (Lipinski definition) is 4. The standard InChI is InChI=1S/C14H26N2O4S/c1-5-21(19,20)10-6-8-16-9-7-11(17)15-12(13(16)18)14(2,3)4/h12H,5-10H2,1-4H3,(H,15,17). The molecule has 1 aliphatic rings. The van der Waals surface area contributed by atoms with E-state index in [-0.39, 0.29) is 35.2 Å². The van der Waals surface area contributed by atoms with E-state index in [0.717, 1.165) is 0 Å². The van der Waals surface area contributed by atoms with Crippen molar-refractivity contribution in [1.29, 1.82) is 0 Å². The first-order valence-corrected chi connectivity index (χ1v) is 9.17. The van der Waals surface area contributed by atoms with Crippen molar-refractivity contribution in [2.24, 2.45) is 5.41 Å². The normalized spacial score (nSPS) is 21.1. The van der Waals surface area contributed by atoms with Gasteiger partial charge in [0.15, 0.2) is 0 Å². The highest BCUT2D eigenvalue weighted by Gasteiger charge is 2.37. The van der Waals surface area contributed by atoms with Gasteiger partial charge in [-0.15, -0.1) is 0 Å². The zero-order valence-corrected chi connectivity index (χ0v) is 14.1. The summed E-state index contributed by atoms with van der Waals surface area (Å²) in [6.45, 7) is 8.05. The summed E-state index contributed by atoms with van der Waals surface area (Å²) in [6.07, 6.45) is 0.672. The molecule has 1 rings (SSSR count). The maximum Gasteiger partial charge on any atom is 0.245 e. The van der Waals surface area contributed by atoms with Crippen LogP contribution in [0.25, 0.3) is 0 Å². The molecular weight excluding hydrogens is 292 g/mol. The third-order valence-electron chi connectivity index (χ3n) is 3.66. The first-order chi connectivity index (χ1) is 9.57. The number of nitrogens with one attached hydrogen (secondary N) is 1. The topological polar surface area (TPSA) is 83.6 Å². The minimum absolute atomic E-state index is 0.0782. The molecule has 6 nitrogen and oxygen atoms in total. The zero-order chi connectivity index (χ0) is 16.3. The van der Waals surface area contributed by atoms with Gasteiger partial charge in [0.1, 0.15) is 15.9 Å². The molecular formula is C14H26N2O4S. The van der Waals surface area contributed by atoms with Crippen molar-refractivity contribution < 1.29 is 18.0 Å². The third-order valence-corrected chi connectivity index (χ3v) is 5.45. The average Bonchev–Trinajstić information content (AvgIpc) is 2.50. The molecule has 0 aromatic rings. The number of nitrogens with zero attached hydrogens (tertiary/aromatic N) is 1. The van der Waals surface area contributed by atoms with Gasteiger partial charge in [0, 0.05) is 25.3 Å². The van der Waals surface area contributed by atoms with E-state index in [1.165, 1.54) is 0 Å². The van der Waals surface area contributed by atoms with Gasteiger partial charge in [-0.25, -0.2) is 8.42 Å². The molecule has 1 atom stereocenters. The minimum Gasteiger partial charge on any atom is -0.344 e. The minimum atomic E-state index is -3.02. The fourth-order valence-electron chi connectivity index (χ4n) is 2.25. The third kappa shape index (κ3) is 5.30. The van der Waals surface area contributed by atoms with Gasteiger partial charge in [0.2, 0.25) is 11.8 Å². The van der Waals surface area contributed by atoms with Gasteiger partial charge in [-0.3, -0.25) is 9.59 Å². The molecule has 0 aromatic heterocycles. The second-order valence-corrected chi connectivity index (χ2v) is 9.00. The van der Waals surface area contributed by atoms with Crippen LogP contribution in [-0.4, -0.2) is 55.8 Å². The van der Waals surface area contributed by atoms with Crippen molar-refractivity contribution in [3.05, 3.63) is 0 Å². The summed E-state index contributed by atoms with van der Waals surface area (Å²) in [5.74, 6) is -0.0605. The van der Waals surface area contributed by atoms with Crippen LogP contribution in [0, 0.1) is 5.41 Å². The maximum atomic E-state index is 12.5.